The van der Waals surface area contributed by atoms with E-state index in [1.807, 2.05) is 6.92 Å². The van der Waals surface area contributed by atoms with Crippen LogP contribution >= 0.6 is 23.5 Å². The fourth-order valence-corrected chi connectivity index (χ4v) is 4.29. The molecule has 0 N–H and O–H groups in total. The van der Waals surface area contributed by atoms with Crippen LogP contribution in [0.15, 0.2) is 30.8 Å². The first-order valence-electron chi connectivity index (χ1n) is 5.20. The second-order valence-electron chi connectivity index (χ2n) is 3.65. The molecule has 0 atom stereocenters. The smallest absolute Gasteiger partial charge is 0.170 e. The summed E-state index contributed by atoms with van der Waals surface area (Å²) in [4.78, 5) is 9.39. The minimum Gasteiger partial charge on any atom is -0.170 e. The summed E-state index contributed by atoms with van der Waals surface area (Å²) < 4.78 is 0. The van der Waals surface area contributed by atoms with Crippen LogP contribution in [0.4, 0.5) is 0 Å². The predicted molar refractivity (Wildman–Crippen MR) is 84.0 cm³/mol. The highest BCUT2D eigenvalue weighted by Crippen LogP contribution is 2.52. The topological polar surface area (TPSA) is 72.3 Å². The van der Waals surface area contributed by atoms with Gasteiger partial charge in [0.1, 0.15) is 10.1 Å². The van der Waals surface area contributed by atoms with Crippen LogP contribution in [-0.4, -0.2) is 39.1 Å². The number of thioether (sulfide) groups is 2. The van der Waals surface area contributed by atoms with E-state index in [0.29, 0.717) is 10.1 Å². The molecule has 0 saturated carbocycles. The number of aliphatic imine (C=N–C) groups is 2. The van der Waals surface area contributed by atoms with Gasteiger partial charge in [-0.1, -0.05) is 29.0 Å². The van der Waals surface area contributed by atoms with Crippen molar-refractivity contribution in [1.82, 2.24) is 0 Å². The van der Waals surface area contributed by atoms with Gasteiger partial charge in [-0.2, -0.15) is 20.5 Å². The molecule has 0 aromatic carbocycles. The predicted octanol–water partition coefficient (Wildman–Crippen LogP) is 0.751. The summed E-state index contributed by atoms with van der Waals surface area (Å²) >= 11 is 2.72. The quantitative estimate of drug-likeness (QED) is 0.550. The van der Waals surface area contributed by atoms with Crippen molar-refractivity contribution in [1.29, 1.82) is 10.5 Å². The summed E-state index contributed by atoms with van der Waals surface area (Å²) in [6.07, 6.45) is 3.55. The van der Waals surface area contributed by atoms with Crippen LogP contribution in [0.2, 0.25) is 0 Å². The monoisotopic (exact) mass is 275 g/mol. The SMILES string of the molecule is [B][B]B([B])C1=C2SC(=NC#N)C(C)=C2SC1=NC#N. The Balaban J connectivity index is 2.56. The van der Waals surface area contributed by atoms with E-state index in [2.05, 4.69) is 9.98 Å². The molecule has 0 unspecified atom stereocenters. The van der Waals surface area contributed by atoms with E-state index in [1.54, 1.807) is 12.4 Å². The Bertz CT molecular complexity index is 638. The third-order valence-electron chi connectivity index (χ3n) is 2.58. The number of hydrogen-bond donors (Lipinski definition) is 0. The molecule has 5 radical (unpaired) electrons. The molecule has 2 aliphatic heterocycles. The van der Waals surface area contributed by atoms with Gasteiger partial charge in [0.2, 0.25) is 12.4 Å². The molecule has 0 aliphatic carbocycles. The molecule has 0 spiro atoms. The van der Waals surface area contributed by atoms with Gasteiger partial charge in [-0.25, -0.2) is 0 Å². The first-order valence-corrected chi connectivity index (χ1v) is 6.83. The number of hydrogen-bond acceptors (Lipinski definition) is 6. The van der Waals surface area contributed by atoms with Crippen LogP contribution in [0, 0.1) is 22.9 Å². The maximum atomic E-state index is 8.72. The van der Waals surface area contributed by atoms with Gasteiger partial charge in [0, 0.05) is 32.3 Å². The van der Waals surface area contributed by atoms with Crippen molar-refractivity contribution in [2.75, 3.05) is 0 Å². The van der Waals surface area contributed by atoms with Crippen LogP contribution in [0.5, 0.6) is 0 Å². The average molecular weight is 275 g/mol. The van der Waals surface area contributed by atoms with Crippen molar-refractivity contribution in [2.24, 2.45) is 9.98 Å². The molecule has 2 heterocycles. The molecule has 10 heteroatoms. The third kappa shape index (κ3) is 2.43. The molecule has 19 heavy (non-hydrogen) atoms. The van der Waals surface area contributed by atoms with Gasteiger partial charge in [-0.05, 0) is 12.5 Å². The lowest BCUT2D eigenvalue weighted by Gasteiger charge is -2.09. The van der Waals surface area contributed by atoms with Crippen molar-refractivity contribution in [3.8, 4) is 12.4 Å². The van der Waals surface area contributed by atoms with Gasteiger partial charge < -0.3 is 0 Å². The zero-order valence-electron chi connectivity index (χ0n) is 9.91. The third-order valence-corrected chi connectivity index (χ3v) is 5.15. The molecule has 2 aliphatic rings. The Kier molecular flexibility index (Phi) is 4.34. The van der Waals surface area contributed by atoms with Crippen LogP contribution in [0.25, 0.3) is 0 Å². The van der Waals surface area contributed by atoms with Crippen molar-refractivity contribution in [2.45, 2.75) is 6.92 Å². The fourth-order valence-electron chi connectivity index (χ4n) is 1.71. The van der Waals surface area contributed by atoms with Crippen molar-refractivity contribution in [3.05, 3.63) is 20.9 Å². The van der Waals surface area contributed by atoms with E-state index in [9.17, 15) is 0 Å². The zero-order valence-corrected chi connectivity index (χ0v) is 11.5. The highest BCUT2D eigenvalue weighted by Gasteiger charge is 2.37. The summed E-state index contributed by atoms with van der Waals surface area (Å²) in [5.41, 5.74) is 1.62. The molecule has 83 valence electrons. The summed E-state index contributed by atoms with van der Waals surface area (Å²) in [5, 5.41) is 18.6. The Labute approximate surface area is 123 Å². The standard InChI is InChI=1S/C9H3B4N4S2/c1-4-6-7(19-8(4)16-2-14)5(13(11)12-10)9(18-6)17-3-15/h1H3. The fraction of sp³-hybridized carbons (Fsp3) is 0.111. The normalized spacial score (nSPS) is 21.6. The summed E-state index contributed by atoms with van der Waals surface area (Å²) in [6.45, 7) is 1.37. The summed E-state index contributed by atoms with van der Waals surface area (Å²) in [5.74, 6) is 0. The van der Waals surface area contributed by atoms with Gasteiger partial charge in [-0.15, -0.1) is 0 Å². The molecule has 0 amide bonds. The molecular formula is C9H3B4N4S2. The summed E-state index contributed by atoms with van der Waals surface area (Å²) in [7, 11) is 12.8. The lowest BCUT2D eigenvalue weighted by Crippen LogP contribution is -2.29. The Morgan fingerprint density at radius 1 is 1.16 bits per heavy atom. The van der Waals surface area contributed by atoms with E-state index in [0.717, 1.165) is 20.9 Å². The minimum absolute atomic E-state index is 0.506. The molecule has 0 fully saturated rings. The largest absolute Gasteiger partial charge is 0.206 e. The first kappa shape index (κ1) is 14.2. The van der Waals surface area contributed by atoms with Crippen molar-refractivity contribution in [3.63, 3.8) is 0 Å². The van der Waals surface area contributed by atoms with Gasteiger partial charge in [0.05, 0.1) is 6.49 Å². The Morgan fingerprint density at radius 3 is 2.32 bits per heavy atom. The lowest BCUT2D eigenvalue weighted by atomic mass is 9.03. The summed E-state index contributed by atoms with van der Waals surface area (Å²) in [6, 6.07) is 0. The van der Waals surface area contributed by atoms with Crippen LogP contribution in [0.1, 0.15) is 6.92 Å². The Morgan fingerprint density at radius 2 is 1.74 bits per heavy atom. The second kappa shape index (κ2) is 5.81. The molecular weight excluding hydrogens is 272 g/mol. The van der Waals surface area contributed by atoms with Gasteiger partial charge >= 0.3 is 0 Å². The van der Waals surface area contributed by atoms with E-state index < -0.39 is 6.49 Å². The van der Waals surface area contributed by atoms with Crippen molar-refractivity contribution < 1.29 is 0 Å². The number of nitrogens with zero attached hydrogens (tertiary/aromatic N) is 4. The first-order chi connectivity index (χ1) is 9.13. The molecule has 0 bridgehead atoms. The number of nitriles is 2. The zero-order chi connectivity index (χ0) is 14.0. The average Bonchev–Trinajstić information content (AvgIpc) is 2.88. The number of rotatable bonds is 2. The van der Waals surface area contributed by atoms with Gasteiger partial charge in [0.25, 0.3) is 0 Å². The van der Waals surface area contributed by atoms with Crippen LogP contribution < -0.4 is 0 Å². The second-order valence-corrected chi connectivity index (χ2v) is 5.65. The van der Waals surface area contributed by atoms with Crippen LogP contribution in [0.3, 0.4) is 0 Å². The molecule has 0 saturated heterocycles. The molecule has 0 aromatic rings. The number of fused-ring (bicyclic) bond motifs is 1. The molecule has 4 nitrogen and oxygen atoms in total. The molecule has 0 aromatic heterocycles. The van der Waals surface area contributed by atoms with E-state index in [-0.39, 0.29) is 0 Å². The minimum atomic E-state index is -0.506. The Hall–Kier alpha value is -1.24. The van der Waals surface area contributed by atoms with Crippen molar-refractivity contribution >= 4 is 62.6 Å². The highest BCUT2D eigenvalue weighted by molar-refractivity contribution is 8.25. The van der Waals surface area contributed by atoms with Gasteiger partial charge in [-0.3, -0.25) is 0 Å². The lowest BCUT2D eigenvalue weighted by molar-refractivity contribution is 1.44. The van der Waals surface area contributed by atoms with Gasteiger partial charge in [0.15, 0.2) is 0 Å². The maximum absolute atomic E-state index is 8.72. The van der Waals surface area contributed by atoms with E-state index in [4.69, 9.17) is 26.0 Å². The molecule has 2 rings (SSSR count). The highest BCUT2D eigenvalue weighted by atomic mass is 32.2. The van der Waals surface area contributed by atoms with E-state index in [1.165, 1.54) is 30.6 Å². The van der Waals surface area contributed by atoms with E-state index >= 15 is 0 Å². The van der Waals surface area contributed by atoms with Crippen LogP contribution in [-0.2, 0) is 0 Å². The maximum Gasteiger partial charge on any atom is 0.206 e.